The van der Waals surface area contributed by atoms with Crippen molar-refractivity contribution in [3.05, 3.63) is 34.3 Å². The van der Waals surface area contributed by atoms with Gasteiger partial charge in [-0.25, -0.2) is 14.6 Å². The van der Waals surface area contributed by atoms with E-state index in [-0.39, 0.29) is 33.6 Å². The second-order valence-corrected chi connectivity index (χ2v) is 6.85. The lowest BCUT2D eigenvalue weighted by atomic mass is 10.1. The second kappa shape index (κ2) is 9.60. The Labute approximate surface area is 174 Å². The van der Waals surface area contributed by atoms with Gasteiger partial charge in [0.1, 0.15) is 4.88 Å². The molecule has 1 amide bonds. The van der Waals surface area contributed by atoms with Gasteiger partial charge in [-0.3, -0.25) is 20.3 Å². The molecule has 0 atom stereocenters. The number of carboxylic acids is 1. The molecule has 12 heteroatoms. The van der Waals surface area contributed by atoms with E-state index in [0.29, 0.717) is 5.69 Å². The number of ketones is 1. The van der Waals surface area contributed by atoms with E-state index in [2.05, 4.69) is 20.8 Å². The van der Waals surface area contributed by atoms with Gasteiger partial charge in [0.2, 0.25) is 0 Å². The molecule has 2 rings (SSSR count). The molecule has 11 nitrogen and oxygen atoms in total. The summed E-state index contributed by atoms with van der Waals surface area (Å²) in [4.78, 5) is 51.8. The average Bonchev–Trinajstić information content (AvgIpc) is 3.02. The maximum absolute atomic E-state index is 12.5. The molecule has 1 aromatic carbocycles. The van der Waals surface area contributed by atoms with E-state index in [0.717, 1.165) is 18.3 Å². The van der Waals surface area contributed by atoms with Crippen molar-refractivity contribution in [3.8, 4) is 0 Å². The zero-order valence-corrected chi connectivity index (χ0v) is 17.1. The number of nitrogens with one attached hydrogen (secondary N) is 2. The number of carboxylic acid groups (broad SMARTS) is 1. The maximum atomic E-state index is 12.5. The van der Waals surface area contributed by atoms with Crippen molar-refractivity contribution in [2.24, 2.45) is 5.10 Å². The topological polar surface area (TPSA) is 173 Å². The summed E-state index contributed by atoms with van der Waals surface area (Å²) in [6, 6.07) is 4.00. The van der Waals surface area contributed by atoms with E-state index >= 15 is 0 Å². The molecule has 0 unspecified atom stereocenters. The minimum Gasteiger partial charge on any atom is -0.478 e. The molecule has 0 aliphatic heterocycles. The highest BCUT2D eigenvalue weighted by Crippen LogP contribution is 2.23. The molecule has 1 heterocycles. The minimum atomic E-state index is -1.27. The number of esters is 1. The number of rotatable bonds is 8. The predicted molar refractivity (Wildman–Crippen MR) is 111 cm³/mol. The van der Waals surface area contributed by atoms with Crippen molar-refractivity contribution in [2.75, 3.05) is 23.1 Å². The fourth-order valence-electron chi connectivity index (χ4n) is 2.23. The summed E-state index contributed by atoms with van der Waals surface area (Å²) in [5, 5.41) is 15.5. The minimum absolute atomic E-state index is 0.0398. The summed E-state index contributed by atoms with van der Waals surface area (Å²) >= 11 is 0.892. The number of Topliss-reactive ketones (excluding diaryl/α,β-unsaturated/α-hetero) is 1. The molecule has 0 saturated heterocycles. The standard InChI is InChI=1S/C18H19N5O6S/c1-4-29-17(28)14-8(2)20-18(30-14)21-15(25)13(9(3)24)23-22-12-6-5-10(19)7-11(12)16(26)27/h5-7,22H,4,19H2,1-3H3,(H,26,27)(H,20,21,25)/b23-13+. The summed E-state index contributed by atoms with van der Waals surface area (Å²) < 4.78 is 4.91. The highest BCUT2D eigenvalue weighted by Gasteiger charge is 2.22. The van der Waals surface area contributed by atoms with E-state index in [4.69, 9.17) is 10.5 Å². The van der Waals surface area contributed by atoms with Gasteiger partial charge in [0, 0.05) is 12.6 Å². The zero-order valence-electron chi connectivity index (χ0n) is 16.3. The number of hydrogen-bond acceptors (Lipinski definition) is 10. The molecule has 0 radical (unpaired) electrons. The van der Waals surface area contributed by atoms with Crippen LogP contribution in [0.15, 0.2) is 23.3 Å². The number of amides is 1. The summed E-state index contributed by atoms with van der Waals surface area (Å²) in [7, 11) is 0. The van der Waals surface area contributed by atoms with Crippen LogP contribution in [0.2, 0.25) is 0 Å². The number of carbonyl (C=O) groups is 4. The number of ether oxygens (including phenoxy) is 1. The fourth-order valence-corrected chi connectivity index (χ4v) is 3.09. The van der Waals surface area contributed by atoms with Crippen molar-refractivity contribution < 1.29 is 29.0 Å². The molecule has 158 valence electrons. The van der Waals surface area contributed by atoms with E-state index in [1.165, 1.54) is 18.2 Å². The molecule has 0 fully saturated rings. The first-order valence-corrected chi connectivity index (χ1v) is 9.39. The number of nitrogens with zero attached hydrogens (tertiary/aromatic N) is 2. The summed E-state index contributed by atoms with van der Waals surface area (Å²) in [6.45, 7) is 4.55. The normalized spacial score (nSPS) is 11.0. The number of aromatic nitrogens is 1. The lowest BCUT2D eigenvalue weighted by Gasteiger charge is -2.08. The van der Waals surface area contributed by atoms with Crippen LogP contribution in [-0.2, 0) is 14.3 Å². The maximum Gasteiger partial charge on any atom is 0.350 e. The molecular weight excluding hydrogens is 414 g/mol. The number of hydrazone groups is 1. The molecule has 0 saturated carbocycles. The van der Waals surface area contributed by atoms with Crippen LogP contribution in [0.4, 0.5) is 16.5 Å². The van der Waals surface area contributed by atoms with Gasteiger partial charge in [-0.2, -0.15) is 5.10 Å². The number of nitrogens with two attached hydrogens (primary N) is 1. The highest BCUT2D eigenvalue weighted by molar-refractivity contribution is 7.17. The van der Waals surface area contributed by atoms with Crippen LogP contribution in [0.3, 0.4) is 0 Å². The van der Waals surface area contributed by atoms with Crippen LogP contribution in [0.25, 0.3) is 0 Å². The number of anilines is 3. The van der Waals surface area contributed by atoms with Crippen LogP contribution in [0.5, 0.6) is 0 Å². The third kappa shape index (κ3) is 5.38. The monoisotopic (exact) mass is 433 g/mol. The summed E-state index contributed by atoms with van der Waals surface area (Å²) in [5.74, 6) is -3.39. The van der Waals surface area contributed by atoms with Gasteiger partial charge in [0.15, 0.2) is 16.6 Å². The number of aryl methyl sites for hydroxylation is 1. The Hall–Kier alpha value is -3.80. The van der Waals surface area contributed by atoms with Gasteiger partial charge >= 0.3 is 11.9 Å². The van der Waals surface area contributed by atoms with Crippen LogP contribution in [-0.4, -0.2) is 46.0 Å². The molecule has 5 N–H and O–H groups in total. The molecule has 0 aliphatic carbocycles. The molecule has 0 bridgehead atoms. The molecule has 0 spiro atoms. The van der Waals surface area contributed by atoms with Crippen molar-refractivity contribution in [2.45, 2.75) is 20.8 Å². The number of benzene rings is 1. The predicted octanol–water partition coefficient (Wildman–Crippen LogP) is 1.90. The number of aromatic carboxylic acids is 1. The summed E-state index contributed by atoms with van der Waals surface area (Å²) in [6.07, 6.45) is 0. The number of thiazole rings is 1. The van der Waals surface area contributed by atoms with Gasteiger partial charge in [-0.15, -0.1) is 0 Å². The molecule has 0 aliphatic rings. The first-order valence-electron chi connectivity index (χ1n) is 8.57. The Morgan fingerprint density at radius 1 is 1.30 bits per heavy atom. The molecule has 2 aromatic rings. The number of carbonyl (C=O) groups excluding carboxylic acids is 3. The lowest BCUT2D eigenvalue weighted by Crippen LogP contribution is -2.29. The first-order chi connectivity index (χ1) is 14.1. The van der Waals surface area contributed by atoms with Crippen LogP contribution in [0.1, 0.15) is 39.6 Å². The third-order valence-electron chi connectivity index (χ3n) is 3.59. The van der Waals surface area contributed by atoms with Crippen molar-refractivity contribution >= 4 is 57.2 Å². The van der Waals surface area contributed by atoms with Crippen molar-refractivity contribution in [3.63, 3.8) is 0 Å². The van der Waals surface area contributed by atoms with E-state index in [1.807, 2.05) is 0 Å². The van der Waals surface area contributed by atoms with E-state index in [9.17, 15) is 24.3 Å². The zero-order chi connectivity index (χ0) is 22.4. The van der Waals surface area contributed by atoms with Crippen LogP contribution in [0, 0.1) is 6.92 Å². The fraction of sp³-hybridized carbons (Fsp3) is 0.222. The Balaban J connectivity index is 2.24. The Morgan fingerprint density at radius 2 is 2.00 bits per heavy atom. The van der Waals surface area contributed by atoms with Gasteiger partial charge in [0.25, 0.3) is 5.91 Å². The number of hydrogen-bond donors (Lipinski definition) is 4. The molecule has 30 heavy (non-hydrogen) atoms. The van der Waals surface area contributed by atoms with E-state index < -0.39 is 29.3 Å². The summed E-state index contributed by atoms with van der Waals surface area (Å²) in [5.41, 5.74) is 7.90. The van der Waals surface area contributed by atoms with Gasteiger partial charge in [0.05, 0.1) is 23.6 Å². The van der Waals surface area contributed by atoms with Crippen molar-refractivity contribution in [1.29, 1.82) is 0 Å². The van der Waals surface area contributed by atoms with Gasteiger partial charge < -0.3 is 15.6 Å². The molecule has 1 aromatic heterocycles. The van der Waals surface area contributed by atoms with Crippen molar-refractivity contribution in [1.82, 2.24) is 4.98 Å². The van der Waals surface area contributed by atoms with Crippen LogP contribution < -0.4 is 16.5 Å². The first kappa shape index (κ1) is 22.5. The largest absolute Gasteiger partial charge is 0.478 e. The Kier molecular flexibility index (Phi) is 7.20. The Bertz CT molecular complexity index is 1050. The SMILES string of the molecule is CCOC(=O)c1sc(NC(=O)/C(=N/Nc2ccc(N)cc2C(=O)O)C(C)=O)nc1C. The lowest BCUT2D eigenvalue weighted by molar-refractivity contribution is -0.114. The van der Waals surface area contributed by atoms with Crippen LogP contribution >= 0.6 is 11.3 Å². The third-order valence-corrected chi connectivity index (χ3v) is 4.64. The van der Waals surface area contributed by atoms with Gasteiger partial charge in [-0.1, -0.05) is 11.3 Å². The number of nitrogen functional groups attached to an aromatic ring is 1. The smallest absolute Gasteiger partial charge is 0.350 e. The average molecular weight is 433 g/mol. The highest BCUT2D eigenvalue weighted by atomic mass is 32.1. The second-order valence-electron chi connectivity index (χ2n) is 5.85. The Morgan fingerprint density at radius 3 is 2.60 bits per heavy atom. The van der Waals surface area contributed by atoms with Gasteiger partial charge in [-0.05, 0) is 32.0 Å². The quantitative estimate of drug-likeness (QED) is 0.159. The van der Waals surface area contributed by atoms with E-state index in [1.54, 1.807) is 13.8 Å². The molecular formula is C18H19N5O6S.